The first kappa shape index (κ1) is 15.7. The Morgan fingerprint density at radius 1 is 1.14 bits per heavy atom. The van der Waals surface area contributed by atoms with Crippen LogP contribution in [0.2, 0.25) is 0 Å². The maximum atomic E-state index is 8.52. The van der Waals surface area contributed by atoms with Gasteiger partial charge < -0.3 is 9.11 Å². The number of rotatable bonds is 0. The van der Waals surface area contributed by atoms with Gasteiger partial charge in [-0.15, -0.1) is 0 Å². The minimum Gasteiger partial charge on any atom is -0.759 e. The molecule has 42 valence electrons. The first-order chi connectivity index (χ1) is 2.00. The molecule has 0 bridgehead atoms. The maximum Gasteiger partial charge on any atom is 2.00 e. The molecule has 0 fully saturated rings. The zero-order valence-electron chi connectivity index (χ0n) is 2.89. The Morgan fingerprint density at radius 3 is 1.14 bits per heavy atom. The third-order valence-electron chi connectivity index (χ3n) is 0. The van der Waals surface area contributed by atoms with E-state index in [1.165, 1.54) is 0 Å². The van der Waals surface area contributed by atoms with Crippen LogP contribution in [-0.2, 0) is 49.2 Å². The van der Waals surface area contributed by atoms with Crippen LogP contribution in [0.5, 0.6) is 0 Å². The van der Waals surface area contributed by atoms with E-state index in [0.29, 0.717) is 0 Å². The van der Waals surface area contributed by atoms with E-state index in [1.54, 1.807) is 0 Å². The molecule has 0 aromatic heterocycles. The molecule has 0 saturated heterocycles. The summed E-state index contributed by atoms with van der Waals surface area (Å²) in [4.78, 5) is 0. The van der Waals surface area contributed by atoms with Crippen molar-refractivity contribution in [3.05, 3.63) is 0 Å². The summed E-state index contributed by atoms with van der Waals surface area (Å²) in [7, 11) is -5.17. The molecule has 0 amide bonds. The molecule has 0 aromatic rings. The normalized spacial score (nSPS) is 8.29. The molecular formula is FeO4STi. The predicted octanol–water partition coefficient (Wildman–Crippen LogP) is -1.34. The molecule has 0 unspecified atom stereocenters. The molecule has 4 nitrogen and oxygen atoms in total. The zero-order chi connectivity index (χ0) is 4.50. The van der Waals surface area contributed by atoms with Gasteiger partial charge in [0, 0.05) is 32.1 Å². The van der Waals surface area contributed by atoms with Crippen LogP contribution in [0.15, 0.2) is 0 Å². The van der Waals surface area contributed by atoms with Crippen molar-refractivity contribution in [1.29, 1.82) is 0 Å². The third kappa shape index (κ3) is 152. The van der Waals surface area contributed by atoms with Crippen molar-refractivity contribution in [3.8, 4) is 0 Å². The molecule has 0 saturated carbocycles. The van der Waals surface area contributed by atoms with Gasteiger partial charge >= 0.3 is 17.1 Å². The molecule has 0 atom stereocenters. The first-order valence-corrected chi connectivity index (χ1v) is 2.00. The van der Waals surface area contributed by atoms with Gasteiger partial charge in [-0.25, -0.2) is 0 Å². The fourth-order valence-corrected chi connectivity index (χ4v) is 0. The van der Waals surface area contributed by atoms with Crippen molar-refractivity contribution in [2.75, 3.05) is 0 Å². The minimum absolute atomic E-state index is 0. The molecule has 0 rings (SSSR count). The molecule has 0 aliphatic rings. The van der Waals surface area contributed by atoms with Gasteiger partial charge in [0.1, 0.15) is 0 Å². The van der Waals surface area contributed by atoms with Crippen LogP contribution in [0, 0.1) is 0 Å². The van der Waals surface area contributed by atoms with Crippen molar-refractivity contribution in [2.45, 2.75) is 0 Å². The second-order valence-electron chi connectivity index (χ2n) is 0.408. The molecular weight excluding hydrogens is 200 g/mol. The molecule has 7 heavy (non-hydrogen) atoms. The summed E-state index contributed by atoms with van der Waals surface area (Å²) in [5, 5.41) is 0. The molecule has 0 aliphatic heterocycles. The first-order valence-electron chi connectivity index (χ1n) is 0.667. The average molecular weight is 200 g/mol. The van der Waals surface area contributed by atoms with Gasteiger partial charge in [0.05, 0.1) is 0 Å². The summed E-state index contributed by atoms with van der Waals surface area (Å²) >= 11 is 0. The Balaban J connectivity index is -0.0000000800. The van der Waals surface area contributed by atoms with Crippen LogP contribution in [0.4, 0.5) is 0 Å². The molecule has 0 N–H and O–H groups in total. The standard InChI is InChI=1S/Fe.H2O4S.Ti/c;1-5(2,3)4;/h;(H2,1,2,3,4);/q+2;;/p-2. The Kier molecular flexibility index (Phi) is 11.8. The Bertz CT molecular complexity index is 94.9. The van der Waals surface area contributed by atoms with Crippen LogP contribution in [0.25, 0.3) is 0 Å². The number of hydrogen-bond donors (Lipinski definition) is 0. The van der Waals surface area contributed by atoms with Crippen LogP contribution in [0.1, 0.15) is 0 Å². The van der Waals surface area contributed by atoms with E-state index in [-0.39, 0.29) is 38.8 Å². The summed E-state index contributed by atoms with van der Waals surface area (Å²) in [6, 6.07) is 0. The van der Waals surface area contributed by atoms with Gasteiger partial charge in [-0.05, 0) is 0 Å². The molecule has 0 aromatic carbocycles. The smallest absolute Gasteiger partial charge is 0.759 e. The van der Waals surface area contributed by atoms with E-state index in [2.05, 4.69) is 0 Å². The van der Waals surface area contributed by atoms with Crippen LogP contribution < -0.4 is 0 Å². The van der Waals surface area contributed by atoms with Crippen molar-refractivity contribution in [1.82, 2.24) is 0 Å². The van der Waals surface area contributed by atoms with Gasteiger partial charge in [0.2, 0.25) is 0 Å². The van der Waals surface area contributed by atoms with Crippen molar-refractivity contribution in [2.24, 2.45) is 0 Å². The SMILES string of the molecule is O=S(=O)([O-])[O-].[Fe+2].[Ti]. The van der Waals surface area contributed by atoms with E-state index in [1.807, 2.05) is 0 Å². The van der Waals surface area contributed by atoms with E-state index in [0.717, 1.165) is 0 Å². The second-order valence-corrected chi connectivity index (χ2v) is 1.22. The molecule has 0 heterocycles. The Labute approximate surface area is 66.6 Å². The van der Waals surface area contributed by atoms with E-state index in [4.69, 9.17) is 17.5 Å². The van der Waals surface area contributed by atoms with Gasteiger partial charge in [0.15, 0.2) is 0 Å². The van der Waals surface area contributed by atoms with E-state index < -0.39 is 10.4 Å². The topological polar surface area (TPSA) is 80.3 Å². The zero-order valence-corrected chi connectivity index (χ0v) is 6.38. The summed E-state index contributed by atoms with van der Waals surface area (Å²) in [6.45, 7) is 0. The van der Waals surface area contributed by atoms with Gasteiger partial charge in [-0.1, -0.05) is 0 Å². The Hall–Kier alpha value is 1.10. The predicted molar refractivity (Wildman–Crippen MR) is 10.5 cm³/mol. The maximum absolute atomic E-state index is 8.52. The monoisotopic (exact) mass is 200 g/mol. The van der Waals surface area contributed by atoms with E-state index >= 15 is 0 Å². The average Bonchev–Trinajstić information content (AvgIpc) is 0.722. The number of hydrogen-bond acceptors (Lipinski definition) is 4. The summed E-state index contributed by atoms with van der Waals surface area (Å²) in [5.41, 5.74) is 0. The van der Waals surface area contributed by atoms with Gasteiger partial charge in [-0.3, -0.25) is 8.42 Å². The molecule has 0 aliphatic carbocycles. The van der Waals surface area contributed by atoms with Crippen molar-refractivity contribution >= 4 is 10.4 Å². The largest absolute Gasteiger partial charge is 2.00 e. The quantitative estimate of drug-likeness (QED) is 0.275. The van der Waals surface area contributed by atoms with Gasteiger partial charge in [0.25, 0.3) is 0 Å². The molecule has 0 radical (unpaired) electrons. The van der Waals surface area contributed by atoms with Crippen molar-refractivity contribution in [3.63, 3.8) is 0 Å². The summed E-state index contributed by atoms with van der Waals surface area (Å²) in [5.74, 6) is 0. The fraction of sp³-hybridized carbons (Fsp3) is 0. The second kappa shape index (κ2) is 5.24. The molecule has 7 heteroatoms. The molecule has 0 spiro atoms. The van der Waals surface area contributed by atoms with Gasteiger partial charge in [-0.2, -0.15) is 0 Å². The van der Waals surface area contributed by atoms with Crippen LogP contribution >= 0.6 is 0 Å². The fourth-order valence-electron chi connectivity index (χ4n) is 0. The van der Waals surface area contributed by atoms with E-state index in [9.17, 15) is 0 Å². The Morgan fingerprint density at radius 2 is 1.14 bits per heavy atom. The summed E-state index contributed by atoms with van der Waals surface area (Å²) in [6.07, 6.45) is 0. The third-order valence-corrected chi connectivity index (χ3v) is 0. The summed E-state index contributed by atoms with van der Waals surface area (Å²) < 4.78 is 34.1. The van der Waals surface area contributed by atoms with Crippen LogP contribution in [-0.4, -0.2) is 17.5 Å². The van der Waals surface area contributed by atoms with Crippen LogP contribution in [0.3, 0.4) is 0 Å². The van der Waals surface area contributed by atoms with Crippen molar-refractivity contribution < 1.29 is 56.3 Å². The minimum atomic E-state index is -5.17.